The maximum Gasteiger partial charge on any atom is 0.138 e. The molecule has 3 rings (SSSR count). The lowest BCUT2D eigenvalue weighted by atomic mass is 10.1. The zero-order valence-electron chi connectivity index (χ0n) is 14.3. The maximum atomic E-state index is 4.57. The maximum absolute atomic E-state index is 4.57. The Bertz CT molecular complexity index is 815. The first kappa shape index (κ1) is 16.0. The average Bonchev–Trinajstić information content (AvgIpc) is 2.62. The zero-order valence-corrected chi connectivity index (χ0v) is 14.3. The van der Waals surface area contributed by atoms with E-state index in [2.05, 4.69) is 57.4 Å². The van der Waals surface area contributed by atoms with Gasteiger partial charge >= 0.3 is 0 Å². The molecule has 0 fully saturated rings. The van der Waals surface area contributed by atoms with Gasteiger partial charge in [-0.1, -0.05) is 43.3 Å². The van der Waals surface area contributed by atoms with E-state index in [-0.39, 0.29) is 0 Å². The van der Waals surface area contributed by atoms with Crippen LogP contribution in [0, 0.1) is 6.92 Å². The molecule has 3 aromatic rings. The Kier molecular flexibility index (Phi) is 4.75. The number of rotatable bonds is 5. The minimum atomic E-state index is 0.742. The normalized spacial score (nSPS) is 10.5. The topological polar surface area (TPSA) is 41.0 Å². The minimum Gasteiger partial charge on any atom is -0.340 e. The lowest BCUT2D eigenvalue weighted by Crippen LogP contribution is -2.13. The SMILES string of the molecule is CCc1ccccc1Nc1cc(N(C)c2ccccc2)nc(C)n1. The predicted molar refractivity (Wildman–Crippen MR) is 100 cm³/mol. The number of benzene rings is 2. The fourth-order valence-corrected chi connectivity index (χ4v) is 2.66. The highest BCUT2D eigenvalue weighted by Crippen LogP contribution is 2.26. The quantitative estimate of drug-likeness (QED) is 0.729. The van der Waals surface area contributed by atoms with E-state index in [9.17, 15) is 0 Å². The van der Waals surface area contributed by atoms with Crippen LogP contribution in [0.3, 0.4) is 0 Å². The van der Waals surface area contributed by atoms with Crippen LogP contribution in [0.25, 0.3) is 0 Å². The van der Waals surface area contributed by atoms with Crippen molar-refractivity contribution in [2.75, 3.05) is 17.3 Å². The Hall–Kier alpha value is -2.88. The highest BCUT2D eigenvalue weighted by Gasteiger charge is 2.09. The third-order valence-corrected chi connectivity index (χ3v) is 3.97. The van der Waals surface area contributed by atoms with Gasteiger partial charge in [-0.3, -0.25) is 0 Å². The van der Waals surface area contributed by atoms with Crippen molar-refractivity contribution in [3.8, 4) is 0 Å². The first-order valence-electron chi connectivity index (χ1n) is 8.16. The summed E-state index contributed by atoms with van der Waals surface area (Å²) in [5.41, 5.74) is 3.45. The number of anilines is 4. The van der Waals surface area contributed by atoms with Crippen molar-refractivity contribution >= 4 is 23.0 Å². The van der Waals surface area contributed by atoms with E-state index in [1.807, 2.05) is 44.3 Å². The molecule has 4 heteroatoms. The molecule has 1 heterocycles. The highest BCUT2D eigenvalue weighted by atomic mass is 15.2. The molecule has 0 aliphatic heterocycles. The van der Waals surface area contributed by atoms with Gasteiger partial charge in [-0.25, -0.2) is 9.97 Å². The van der Waals surface area contributed by atoms with Crippen LogP contribution in [-0.4, -0.2) is 17.0 Å². The molecule has 0 saturated carbocycles. The summed E-state index contributed by atoms with van der Waals surface area (Å²) in [5.74, 6) is 2.41. The average molecular weight is 318 g/mol. The molecule has 0 saturated heterocycles. The van der Waals surface area contributed by atoms with E-state index in [0.29, 0.717) is 0 Å². The first-order valence-corrected chi connectivity index (χ1v) is 8.16. The van der Waals surface area contributed by atoms with Crippen molar-refractivity contribution < 1.29 is 0 Å². The molecule has 1 aromatic heterocycles. The highest BCUT2D eigenvalue weighted by molar-refractivity contribution is 5.66. The molecule has 0 amide bonds. The van der Waals surface area contributed by atoms with Crippen molar-refractivity contribution in [3.05, 3.63) is 72.1 Å². The van der Waals surface area contributed by atoms with Crippen LogP contribution in [0.15, 0.2) is 60.7 Å². The number of hydrogen-bond acceptors (Lipinski definition) is 4. The number of hydrogen-bond donors (Lipinski definition) is 1. The third kappa shape index (κ3) is 3.54. The van der Waals surface area contributed by atoms with Gasteiger partial charge in [-0.15, -0.1) is 0 Å². The molecule has 0 spiro atoms. The van der Waals surface area contributed by atoms with Gasteiger partial charge in [0, 0.05) is 24.5 Å². The van der Waals surface area contributed by atoms with Crippen LogP contribution in [-0.2, 0) is 6.42 Å². The Morgan fingerprint density at radius 3 is 2.42 bits per heavy atom. The van der Waals surface area contributed by atoms with E-state index in [1.54, 1.807) is 0 Å². The molecule has 0 aliphatic rings. The van der Waals surface area contributed by atoms with Gasteiger partial charge in [0.25, 0.3) is 0 Å². The Morgan fingerprint density at radius 1 is 0.958 bits per heavy atom. The molecule has 1 N–H and O–H groups in total. The Morgan fingerprint density at radius 2 is 1.67 bits per heavy atom. The van der Waals surface area contributed by atoms with Crippen LogP contribution in [0.5, 0.6) is 0 Å². The van der Waals surface area contributed by atoms with Crippen LogP contribution >= 0.6 is 0 Å². The molecule has 24 heavy (non-hydrogen) atoms. The summed E-state index contributed by atoms with van der Waals surface area (Å²) in [4.78, 5) is 11.2. The van der Waals surface area contributed by atoms with E-state index in [1.165, 1.54) is 5.56 Å². The largest absolute Gasteiger partial charge is 0.340 e. The molecule has 4 nitrogen and oxygen atoms in total. The number of aromatic nitrogens is 2. The molecular formula is C20H22N4. The van der Waals surface area contributed by atoms with Gasteiger partial charge in [-0.2, -0.15) is 0 Å². The van der Waals surface area contributed by atoms with Crippen molar-refractivity contribution in [1.82, 2.24) is 9.97 Å². The van der Waals surface area contributed by atoms with Crippen molar-refractivity contribution in [2.45, 2.75) is 20.3 Å². The minimum absolute atomic E-state index is 0.742. The van der Waals surface area contributed by atoms with Gasteiger partial charge < -0.3 is 10.2 Å². The second kappa shape index (κ2) is 7.13. The summed E-state index contributed by atoms with van der Waals surface area (Å²) in [6.45, 7) is 4.07. The summed E-state index contributed by atoms with van der Waals surface area (Å²) in [5, 5.41) is 3.43. The summed E-state index contributed by atoms with van der Waals surface area (Å²) in [6.07, 6.45) is 0.976. The Balaban J connectivity index is 1.92. The second-order valence-corrected chi connectivity index (χ2v) is 5.69. The van der Waals surface area contributed by atoms with Gasteiger partial charge in [-0.05, 0) is 37.1 Å². The monoisotopic (exact) mass is 318 g/mol. The van der Waals surface area contributed by atoms with Gasteiger partial charge in [0.1, 0.15) is 17.5 Å². The zero-order chi connectivity index (χ0) is 16.9. The van der Waals surface area contributed by atoms with E-state index in [4.69, 9.17) is 0 Å². The molecule has 122 valence electrons. The fourth-order valence-electron chi connectivity index (χ4n) is 2.66. The summed E-state index contributed by atoms with van der Waals surface area (Å²) >= 11 is 0. The molecule has 0 unspecified atom stereocenters. The predicted octanol–water partition coefficient (Wildman–Crippen LogP) is 4.86. The summed E-state index contributed by atoms with van der Waals surface area (Å²) in [7, 11) is 2.01. The molecule has 0 radical (unpaired) electrons. The molecule has 0 bridgehead atoms. The number of para-hydroxylation sites is 2. The number of nitrogens with one attached hydrogen (secondary N) is 1. The fraction of sp³-hybridized carbons (Fsp3) is 0.200. The standard InChI is InChI=1S/C20H22N4/c1-4-16-10-8-9-13-18(16)23-19-14-20(22-15(2)21-19)24(3)17-11-6-5-7-12-17/h5-14H,4H2,1-3H3,(H,21,22,23). The molecule has 0 atom stereocenters. The number of aryl methyl sites for hydroxylation is 2. The van der Waals surface area contributed by atoms with Gasteiger partial charge in [0.05, 0.1) is 0 Å². The van der Waals surface area contributed by atoms with E-state index in [0.717, 1.165) is 35.3 Å². The van der Waals surface area contributed by atoms with E-state index < -0.39 is 0 Å². The smallest absolute Gasteiger partial charge is 0.138 e. The summed E-state index contributed by atoms with van der Waals surface area (Å²) in [6, 6.07) is 20.5. The lowest BCUT2D eigenvalue weighted by Gasteiger charge is -2.20. The molecule has 0 aliphatic carbocycles. The van der Waals surface area contributed by atoms with E-state index >= 15 is 0 Å². The summed E-state index contributed by atoms with van der Waals surface area (Å²) < 4.78 is 0. The van der Waals surface area contributed by atoms with Crippen molar-refractivity contribution in [2.24, 2.45) is 0 Å². The van der Waals surface area contributed by atoms with Crippen LogP contribution in [0.2, 0.25) is 0 Å². The number of nitrogens with zero attached hydrogens (tertiary/aromatic N) is 3. The Labute approximate surface area is 143 Å². The molecular weight excluding hydrogens is 296 g/mol. The van der Waals surface area contributed by atoms with Gasteiger partial charge in [0.15, 0.2) is 0 Å². The lowest BCUT2D eigenvalue weighted by molar-refractivity contribution is 1.01. The van der Waals surface area contributed by atoms with Crippen LogP contribution in [0.4, 0.5) is 23.0 Å². The van der Waals surface area contributed by atoms with Crippen LogP contribution < -0.4 is 10.2 Å². The first-order chi connectivity index (χ1) is 11.7. The van der Waals surface area contributed by atoms with Crippen molar-refractivity contribution in [1.29, 1.82) is 0 Å². The third-order valence-electron chi connectivity index (χ3n) is 3.97. The molecule has 2 aromatic carbocycles. The van der Waals surface area contributed by atoms with Crippen molar-refractivity contribution in [3.63, 3.8) is 0 Å². The van der Waals surface area contributed by atoms with Gasteiger partial charge in [0.2, 0.25) is 0 Å². The van der Waals surface area contributed by atoms with Crippen LogP contribution in [0.1, 0.15) is 18.3 Å². The second-order valence-electron chi connectivity index (χ2n) is 5.69.